The van der Waals surface area contributed by atoms with E-state index in [9.17, 15) is 17.2 Å². The highest BCUT2D eigenvalue weighted by molar-refractivity contribution is 7.92. The SMILES string of the molecule is Cn1cnc(S(=O)(=O)Nc2c(N)ccc(F)c2F)c1. The van der Waals surface area contributed by atoms with E-state index in [0.29, 0.717) is 0 Å². The maximum absolute atomic E-state index is 13.5. The molecule has 0 unspecified atom stereocenters. The van der Waals surface area contributed by atoms with Gasteiger partial charge in [0.25, 0.3) is 10.0 Å². The molecule has 1 aromatic heterocycles. The van der Waals surface area contributed by atoms with Gasteiger partial charge in [0.2, 0.25) is 0 Å². The van der Waals surface area contributed by atoms with E-state index in [2.05, 4.69) is 4.98 Å². The van der Waals surface area contributed by atoms with Gasteiger partial charge in [0.05, 0.1) is 12.0 Å². The number of benzene rings is 1. The van der Waals surface area contributed by atoms with E-state index < -0.39 is 27.3 Å². The molecule has 0 spiro atoms. The molecule has 0 radical (unpaired) electrons. The van der Waals surface area contributed by atoms with Crippen molar-refractivity contribution in [1.29, 1.82) is 0 Å². The molecule has 0 bridgehead atoms. The molecular formula is C10H10F2N4O2S. The van der Waals surface area contributed by atoms with Gasteiger partial charge in [0.1, 0.15) is 5.69 Å². The Labute approximate surface area is 107 Å². The van der Waals surface area contributed by atoms with E-state index in [0.717, 1.165) is 12.1 Å². The van der Waals surface area contributed by atoms with Crippen molar-refractivity contribution >= 4 is 21.4 Å². The van der Waals surface area contributed by atoms with E-state index >= 15 is 0 Å². The first kappa shape index (κ1) is 13.3. The normalized spacial score (nSPS) is 11.5. The molecule has 0 saturated carbocycles. The molecule has 102 valence electrons. The fourth-order valence-corrected chi connectivity index (χ4v) is 2.46. The molecule has 0 aliphatic heterocycles. The summed E-state index contributed by atoms with van der Waals surface area (Å²) in [4.78, 5) is 3.62. The zero-order chi connectivity index (χ0) is 14.2. The molecule has 0 aliphatic rings. The van der Waals surface area contributed by atoms with Crippen LogP contribution in [0.2, 0.25) is 0 Å². The Balaban J connectivity index is 2.44. The highest BCUT2D eigenvalue weighted by Crippen LogP contribution is 2.26. The summed E-state index contributed by atoms with van der Waals surface area (Å²) in [5.74, 6) is -2.56. The summed E-state index contributed by atoms with van der Waals surface area (Å²) in [6, 6.07) is 1.87. The Hall–Kier alpha value is -2.16. The van der Waals surface area contributed by atoms with Crippen LogP contribution in [-0.2, 0) is 17.1 Å². The molecule has 1 aromatic carbocycles. The van der Waals surface area contributed by atoms with Crippen molar-refractivity contribution in [1.82, 2.24) is 9.55 Å². The smallest absolute Gasteiger partial charge is 0.281 e. The molecular weight excluding hydrogens is 278 g/mol. The second-order valence-electron chi connectivity index (χ2n) is 3.81. The van der Waals surface area contributed by atoms with E-state index in [-0.39, 0.29) is 10.7 Å². The Morgan fingerprint density at radius 1 is 1.37 bits per heavy atom. The largest absolute Gasteiger partial charge is 0.397 e. The third-order valence-corrected chi connectivity index (χ3v) is 3.55. The van der Waals surface area contributed by atoms with Gasteiger partial charge >= 0.3 is 0 Å². The molecule has 9 heteroatoms. The third-order valence-electron chi connectivity index (χ3n) is 2.32. The second kappa shape index (κ2) is 4.50. The number of nitrogens with two attached hydrogens (primary N) is 1. The summed E-state index contributed by atoms with van der Waals surface area (Å²) in [6.07, 6.45) is 2.48. The predicted octanol–water partition coefficient (Wildman–Crippen LogP) is 1.08. The van der Waals surface area contributed by atoms with Gasteiger partial charge in [-0.2, -0.15) is 8.42 Å². The molecule has 0 amide bonds. The van der Waals surface area contributed by atoms with Crippen LogP contribution in [0.25, 0.3) is 0 Å². The molecule has 0 saturated heterocycles. The summed E-state index contributed by atoms with van der Waals surface area (Å²) in [5, 5.41) is -0.321. The Morgan fingerprint density at radius 2 is 2.05 bits per heavy atom. The molecule has 0 aliphatic carbocycles. The number of imidazole rings is 1. The number of anilines is 2. The fourth-order valence-electron chi connectivity index (χ4n) is 1.38. The van der Waals surface area contributed by atoms with Crippen LogP contribution in [0.15, 0.2) is 29.7 Å². The lowest BCUT2D eigenvalue weighted by atomic mass is 10.2. The van der Waals surface area contributed by atoms with Crippen molar-refractivity contribution in [3.8, 4) is 0 Å². The average Bonchev–Trinajstić information content (AvgIpc) is 2.77. The van der Waals surface area contributed by atoms with Crippen molar-refractivity contribution in [3.63, 3.8) is 0 Å². The number of halogens is 2. The topological polar surface area (TPSA) is 90.0 Å². The van der Waals surface area contributed by atoms with E-state index in [1.807, 2.05) is 4.72 Å². The van der Waals surface area contributed by atoms with Crippen LogP contribution in [0.4, 0.5) is 20.2 Å². The summed E-state index contributed by atoms with van der Waals surface area (Å²) < 4.78 is 53.6. The third kappa shape index (κ3) is 2.50. The van der Waals surface area contributed by atoms with Crippen LogP contribution in [0, 0.1) is 11.6 Å². The maximum Gasteiger partial charge on any atom is 0.281 e. The lowest BCUT2D eigenvalue weighted by molar-refractivity contribution is 0.512. The molecule has 6 nitrogen and oxygen atoms in total. The van der Waals surface area contributed by atoms with Gasteiger partial charge in [-0.1, -0.05) is 0 Å². The van der Waals surface area contributed by atoms with Crippen LogP contribution in [-0.4, -0.2) is 18.0 Å². The van der Waals surface area contributed by atoms with Gasteiger partial charge in [0.15, 0.2) is 16.7 Å². The summed E-state index contributed by atoms with van der Waals surface area (Å²) >= 11 is 0. The van der Waals surface area contributed by atoms with E-state index in [1.54, 1.807) is 7.05 Å². The number of aryl methyl sites for hydroxylation is 1. The van der Waals surface area contributed by atoms with Crippen molar-refractivity contribution in [2.24, 2.45) is 7.05 Å². The van der Waals surface area contributed by atoms with Gasteiger partial charge in [-0.3, -0.25) is 4.72 Å². The van der Waals surface area contributed by atoms with Crippen molar-refractivity contribution in [2.45, 2.75) is 5.03 Å². The minimum Gasteiger partial charge on any atom is -0.397 e. The predicted molar refractivity (Wildman–Crippen MR) is 64.8 cm³/mol. The van der Waals surface area contributed by atoms with Crippen LogP contribution in [0.1, 0.15) is 0 Å². The van der Waals surface area contributed by atoms with Gasteiger partial charge in [-0.25, -0.2) is 13.8 Å². The average molecular weight is 288 g/mol. The van der Waals surface area contributed by atoms with Crippen LogP contribution in [0.3, 0.4) is 0 Å². The molecule has 0 atom stereocenters. The first-order chi connectivity index (χ1) is 8.81. The lowest BCUT2D eigenvalue weighted by Crippen LogP contribution is -2.16. The number of hydrogen-bond donors (Lipinski definition) is 2. The van der Waals surface area contributed by atoms with Crippen molar-refractivity contribution in [3.05, 3.63) is 36.3 Å². The number of aromatic nitrogens is 2. The summed E-state index contributed by atoms with van der Waals surface area (Å²) in [5.41, 5.74) is 4.56. The number of rotatable bonds is 3. The first-order valence-electron chi connectivity index (χ1n) is 5.05. The Kier molecular flexibility index (Phi) is 3.14. The number of nitrogens with zero attached hydrogens (tertiary/aromatic N) is 2. The zero-order valence-corrected chi connectivity index (χ0v) is 10.6. The van der Waals surface area contributed by atoms with Crippen molar-refractivity contribution < 1.29 is 17.2 Å². The zero-order valence-electron chi connectivity index (χ0n) is 9.76. The molecule has 3 N–H and O–H groups in total. The highest BCUT2D eigenvalue weighted by atomic mass is 32.2. The van der Waals surface area contributed by atoms with Gasteiger partial charge in [-0.05, 0) is 12.1 Å². The molecule has 19 heavy (non-hydrogen) atoms. The maximum atomic E-state index is 13.5. The first-order valence-corrected chi connectivity index (χ1v) is 6.54. The number of sulfonamides is 1. The van der Waals surface area contributed by atoms with Gasteiger partial charge in [-0.15, -0.1) is 0 Å². The van der Waals surface area contributed by atoms with Crippen LogP contribution in [0.5, 0.6) is 0 Å². The minimum absolute atomic E-state index is 0.224. The molecule has 2 rings (SSSR count). The van der Waals surface area contributed by atoms with Gasteiger partial charge in [0, 0.05) is 13.2 Å². The number of hydrogen-bond acceptors (Lipinski definition) is 4. The lowest BCUT2D eigenvalue weighted by Gasteiger charge is -2.10. The summed E-state index contributed by atoms with van der Waals surface area (Å²) in [6.45, 7) is 0. The minimum atomic E-state index is -4.12. The Bertz CT molecular complexity index is 727. The van der Waals surface area contributed by atoms with E-state index in [4.69, 9.17) is 5.73 Å². The molecule has 2 aromatic rings. The standard InChI is InChI=1S/C10H10F2N4O2S/c1-16-4-8(14-5-16)19(17,18)15-10-7(13)3-2-6(11)9(10)12/h2-5,15H,13H2,1H3. The van der Waals surface area contributed by atoms with Gasteiger partial charge < -0.3 is 10.3 Å². The molecule has 1 heterocycles. The number of nitrogens with one attached hydrogen (secondary N) is 1. The van der Waals surface area contributed by atoms with Crippen LogP contribution >= 0.6 is 0 Å². The number of nitrogen functional groups attached to an aromatic ring is 1. The molecule has 0 fully saturated rings. The highest BCUT2D eigenvalue weighted by Gasteiger charge is 2.22. The van der Waals surface area contributed by atoms with Crippen molar-refractivity contribution in [2.75, 3.05) is 10.5 Å². The van der Waals surface area contributed by atoms with E-state index in [1.165, 1.54) is 17.1 Å². The summed E-state index contributed by atoms with van der Waals surface area (Å²) in [7, 11) is -2.55. The quantitative estimate of drug-likeness (QED) is 0.827. The van der Waals surface area contributed by atoms with Crippen LogP contribution < -0.4 is 10.5 Å². The monoisotopic (exact) mass is 288 g/mol. The fraction of sp³-hybridized carbons (Fsp3) is 0.100. The second-order valence-corrected chi connectivity index (χ2v) is 5.44. The Morgan fingerprint density at radius 3 is 2.63 bits per heavy atom.